The van der Waals surface area contributed by atoms with E-state index in [4.69, 9.17) is 9.53 Å². The lowest BCUT2D eigenvalue weighted by Crippen LogP contribution is -2.35. The molecule has 0 spiro atoms. The van der Waals surface area contributed by atoms with E-state index in [0.29, 0.717) is 0 Å². The van der Waals surface area contributed by atoms with E-state index in [-0.39, 0.29) is 6.61 Å². The minimum atomic E-state index is -1.40. The number of hydrogen-bond acceptors (Lipinski definition) is 2. The summed E-state index contributed by atoms with van der Waals surface area (Å²) in [5.74, 6) is 0. The summed E-state index contributed by atoms with van der Waals surface area (Å²) in [5, 5.41) is 8.54. The lowest BCUT2D eigenvalue weighted by atomic mass is 10.2. The zero-order chi connectivity index (χ0) is 17.0. The molecule has 0 atom stereocenters. The normalized spacial score (nSPS) is 10.8. The van der Waals surface area contributed by atoms with Crippen LogP contribution in [0.2, 0.25) is 18.1 Å². The van der Waals surface area contributed by atoms with E-state index in [1.165, 1.54) is 23.7 Å². The molecule has 0 saturated heterocycles. The van der Waals surface area contributed by atoms with E-state index in [0.717, 1.165) is 12.2 Å². The molecule has 0 aliphatic carbocycles. The van der Waals surface area contributed by atoms with Crippen molar-refractivity contribution in [1.82, 2.24) is 0 Å². The molecule has 0 aromatic heterocycles. The Balaban J connectivity index is 0.000000277. The van der Waals surface area contributed by atoms with Crippen molar-refractivity contribution in [2.75, 3.05) is 0 Å². The monoisotopic (exact) mass is 330 g/mol. The fourth-order valence-corrected chi connectivity index (χ4v) is 5.04. The molecule has 0 bridgehead atoms. The molecule has 0 amide bonds. The van der Waals surface area contributed by atoms with Gasteiger partial charge in [-0.2, -0.15) is 0 Å². The minimum absolute atomic E-state index is 0.140. The van der Waals surface area contributed by atoms with Crippen LogP contribution in [0.1, 0.15) is 31.9 Å². The molecular formula is C20H30O2Si. The Bertz CT molecular complexity index is 501. The van der Waals surface area contributed by atoms with Crippen LogP contribution in [0.4, 0.5) is 0 Å². The highest BCUT2D eigenvalue weighted by Crippen LogP contribution is 2.22. The summed E-state index contributed by atoms with van der Waals surface area (Å²) in [7, 11) is -1.40. The standard InChI is InChI=1S/C13H22OSi.C7H8O/c1-4-15(5-2,6-3)14-12-13-10-8-7-9-11-13;8-6-7-4-2-1-3-5-7/h7-11H,4-6,12H2,1-3H3;1-5,8H,6H2. The molecule has 2 nitrogen and oxygen atoms in total. The first-order chi connectivity index (χ1) is 11.2. The quantitative estimate of drug-likeness (QED) is 0.690. The maximum absolute atomic E-state index is 8.54. The maximum atomic E-state index is 8.54. The van der Waals surface area contributed by atoms with Crippen molar-refractivity contribution < 1.29 is 9.53 Å². The van der Waals surface area contributed by atoms with Gasteiger partial charge in [0.25, 0.3) is 0 Å². The van der Waals surface area contributed by atoms with Gasteiger partial charge in [-0.3, -0.25) is 0 Å². The van der Waals surface area contributed by atoms with Gasteiger partial charge in [-0.25, -0.2) is 0 Å². The summed E-state index contributed by atoms with van der Waals surface area (Å²) in [4.78, 5) is 0. The summed E-state index contributed by atoms with van der Waals surface area (Å²) in [6, 6.07) is 23.7. The Hall–Kier alpha value is -1.42. The van der Waals surface area contributed by atoms with Crippen LogP contribution in [0.15, 0.2) is 60.7 Å². The second-order valence-electron chi connectivity index (χ2n) is 5.66. The first kappa shape index (κ1) is 19.6. The summed E-state index contributed by atoms with van der Waals surface area (Å²) in [6.45, 7) is 7.74. The van der Waals surface area contributed by atoms with Crippen LogP contribution in [0.25, 0.3) is 0 Å². The summed E-state index contributed by atoms with van der Waals surface area (Å²) >= 11 is 0. The second kappa shape index (κ2) is 11.2. The van der Waals surface area contributed by atoms with Crippen molar-refractivity contribution >= 4 is 8.32 Å². The van der Waals surface area contributed by atoms with Crippen molar-refractivity contribution in [2.45, 2.75) is 52.1 Å². The summed E-state index contributed by atoms with van der Waals surface area (Å²) in [5.41, 5.74) is 2.26. The zero-order valence-electron chi connectivity index (χ0n) is 14.7. The van der Waals surface area contributed by atoms with E-state index in [1.807, 2.05) is 36.4 Å². The fourth-order valence-electron chi connectivity index (χ4n) is 2.45. The molecule has 0 aliphatic rings. The Morgan fingerprint density at radius 1 is 0.739 bits per heavy atom. The fraction of sp³-hybridized carbons (Fsp3) is 0.400. The van der Waals surface area contributed by atoms with Gasteiger partial charge in [0.2, 0.25) is 0 Å². The van der Waals surface area contributed by atoms with E-state index in [1.54, 1.807) is 0 Å². The van der Waals surface area contributed by atoms with Gasteiger partial charge in [-0.05, 0) is 29.3 Å². The number of aliphatic hydroxyl groups excluding tert-OH is 1. The van der Waals surface area contributed by atoms with Crippen LogP contribution in [0.3, 0.4) is 0 Å². The third kappa shape index (κ3) is 7.12. The number of benzene rings is 2. The van der Waals surface area contributed by atoms with Crippen molar-refractivity contribution in [3.8, 4) is 0 Å². The van der Waals surface area contributed by atoms with Crippen molar-refractivity contribution in [3.63, 3.8) is 0 Å². The molecule has 0 radical (unpaired) electrons. The van der Waals surface area contributed by atoms with E-state index < -0.39 is 8.32 Å². The first-order valence-corrected chi connectivity index (χ1v) is 11.0. The molecule has 2 aromatic carbocycles. The predicted molar refractivity (Wildman–Crippen MR) is 101 cm³/mol. The molecule has 2 rings (SSSR count). The topological polar surface area (TPSA) is 29.5 Å². The summed E-state index contributed by atoms with van der Waals surface area (Å²) < 4.78 is 6.20. The van der Waals surface area contributed by atoms with Gasteiger partial charge < -0.3 is 9.53 Å². The molecular weight excluding hydrogens is 300 g/mol. The maximum Gasteiger partial charge on any atom is 0.192 e. The first-order valence-electron chi connectivity index (χ1n) is 8.52. The molecule has 2 aromatic rings. The Labute approximate surface area is 142 Å². The Morgan fingerprint density at radius 3 is 1.52 bits per heavy atom. The molecule has 1 N–H and O–H groups in total. The summed E-state index contributed by atoms with van der Waals surface area (Å²) in [6.07, 6.45) is 0. The average Bonchev–Trinajstić information content (AvgIpc) is 2.65. The van der Waals surface area contributed by atoms with E-state index in [9.17, 15) is 0 Å². The highest BCUT2D eigenvalue weighted by Gasteiger charge is 2.28. The third-order valence-corrected chi connectivity index (χ3v) is 8.97. The average molecular weight is 331 g/mol. The largest absolute Gasteiger partial charge is 0.413 e. The molecule has 0 heterocycles. The van der Waals surface area contributed by atoms with E-state index in [2.05, 4.69) is 45.0 Å². The van der Waals surface area contributed by atoms with Gasteiger partial charge in [0.15, 0.2) is 8.32 Å². The molecule has 0 aliphatic heterocycles. The van der Waals surface area contributed by atoms with Gasteiger partial charge in [0.1, 0.15) is 0 Å². The highest BCUT2D eigenvalue weighted by atomic mass is 28.4. The van der Waals surface area contributed by atoms with Crippen LogP contribution >= 0.6 is 0 Å². The number of rotatable bonds is 7. The van der Waals surface area contributed by atoms with Gasteiger partial charge in [0.05, 0.1) is 13.2 Å². The lowest BCUT2D eigenvalue weighted by molar-refractivity contribution is 0.282. The molecule has 3 heteroatoms. The predicted octanol–water partition coefficient (Wildman–Crippen LogP) is 5.39. The molecule has 0 saturated carbocycles. The highest BCUT2D eigenvalue weighted by molar-refractivity contribution is 6.73. The lowest BCUT2D eigenvalue weighted by Gasteiger charge is -2.27. The van der Waals surface area contributed by atoms with Crippen LogP contribution in [0.5, 0.6) is 0 Å². The molecule has 0 fully saturated rings. The van der Waals surface area contributed by atoms with Gasteiger partial charge in [-0.15, -0.1) is 0 Å². The third-order valence-electron chi connectivity index (χ3n) is 4.35. The number of aliphatic hydroxyl groups is 1. The van der Waals surface area contributed by atoms with Crippen LogP contribution in [-0.4, -0.2) is 13.4 Å². The van der Waals surface area contributed by atoms with Crippen molar-refractivity contribution in [1.29, 1.82) is 0 Å². The van der Waals surface area contributed by atoms with Crippen LogP contribution in [0, 0.1) is 0 Å². The number of hydrogen-bond donors (Lipinski definition) is 1. The van der Waals surface area contributed by atoms with Crippen molar-refractivity contribution in [3.05, 3.63) is 71.8 Å². The van der Waals surface area contributed by atoms with Gasteiger partial charge in [-0.1, -0.05) is 81.4 Å². The van der Waals surface area contributed by atoms with Crippen LogP contribution in [-0.2, 0) is 17.6 Å². The van der Waals surface area contributed by atoms with Gasteiger partial charge in [0, 0.05) is 0 Å². The Morgan fingerprint density at radius 2 is 1.17 bits per heavy atom. The molecule has 0 unspecified atom stereocenters. The zero-order valence-corrected chi connectivity index (χ0v) is 15.7. The smallest absolute Gasteiger partial charge is 0.192 e. The van der Waals surface area contributed by atoms with Crippen molar-refractivity contribution in [2.24, 2.45) is 0 Å². The van der Waals surface area contributed by atoms with Crippen LogP contribution < -0.4 is 0 Å². The van der Waals surface area contributed by atoms with E-state index >= 15 is 0 Å². The Kier molecular flexibility index (Phi) is 9.53. The SMILES string of the molecule is CC[Si](CC)(CC)OCc1ccccc1.OCc1ccccc1. The molecule has 126 valence electrons. The second-order valence-corrected chi connectivity index (χ2v) is 10.4. The minimum Gasteiger partial charge on any atom is -0.413 e. The van der Waals surface area contributed by atoms with Gasteiger partial charge >= 0.3 is 0 Å². The molecule has 23 heavy (non-hydrogen) atoms.